The minimum Gasteiger partial charge on any atom is -0.459 e. The first-order valence-electron chi connectivity index (χ1n) is 8.58. The van der Waals surface area contributed by atoms with Gasteiger partial charge in [-0.15, -0.1) is 0 Å². The molecule has 1 heterocycles. The molecular weight excluding hydrogens is 393 g/mol. The SMILES string of the molecule is CSCCC(NC(=O)c1ccco1)C(=O)NCCc1ccc(C(F)(F)F)cc1. The average molecular weight is 414 g/mol. The van der Waals surface area contributed by atoms with Crippen molar-refractivity contribution < 1.29 is 27.2 Å². The number of furan rings is 1. The van der Waals surface area contributed by atoms with Crippen LogP contribution in [0.1, 0.15) is 28.1 Å². The normalized spacial score (nSPS) is 12.4. The van der Waals surface area contributed by atoms with Crippen molar-refractivity contribution in [3.63, 3.8) is 0 Å². The van der Waals surface area contributed by atoms with E-state index in [9.17, 15) is 22.8 Å². The van der Waals surface area contributed by atoms with Crippen LogP contribution in [0.15, 0.2) is 47.1 Å². The van der Waals surface area contributed by atoms with Crippen LogP contribution in [0.3, 0.4) is 0 Å². The Bertz CT molecular complexity index is 762. The summed E-state index contributed by atoms with van der Waals surface area (Å²) in [5, 5.41) is 5.36. The molecular formula is C19H21F3N2O3S. The van der Waals surface area contributed by atoms with Crippen LogP contribution >= 0.6 is 11.8 Å². The highest BCUT2D eigenvalue weighted by molar-refractivity contribution is 7.98. The second kappa shape index (κ2) is 10.2. The Morgan fingerprint density at radius 1 is 1.18 bits per heavy atom. The van der Waals surface area contributed by atoms with E-state index >= 15 is 0 Å². The lowest BCUT2D eigenvalue weighted by atomic mass is 10.1. The van der Waals surface area contributed by atoms with Gasteiger partial charge in [0.15, 0.2) is 5.76 Å². The Balaban J connectivity index is 1.87. The molecule has 2 N–H and O–H groups in total. The quantitative estimate of drug-likeness (QED) is 0.659. The summed E-state index contributed by atoms with van der Waals surface area (Å²) in [5.74, 6) is -0.0309. The fourth-order valence-corrected chi connectivity index (χ4v) is 2.93. The fourth-order valence-electron chi connectivity index (χ4n) is 2.46. The molecule has 0 spiro atoms. The Morgan fingerprint density at radius 2 is 1.89 bits per heavy atom. The zero-order chi connectivity index (χ0) is 20.6. The molecule has 0 fully saturated rings. The zero-order valence-corrected chi connectivity index (χ0v) is 16.0. The minimum atomic E-state index is -4.37. The molecule has 5 nitrogen and oxygen atoms in total. The van der Waals surface area contributed by atoms with Crippen molar-refractivity contribution in [1.29, 1.82) is 0 Å². The van der Waals surface area contributed by atoms with Crippen molar-refractivity contribution in [2.45, 2.75) is 25.1 Å². The third kappa shape index (κ3) is 6.63. The van der Waals surface area contributed by atoms with Gasteiger partial charge in [0, 0.05) is 6.54 Å². The van der Waals surface area contributed by atoms with E-state index in [0.29, 0.717) is 24.2 Å². The van der Waals surface area contributed by atoms with Gasteiger partial charge in [-0.3, -0.25) is 9.59 Å². The molecule has 0 aliphatic heterocycles. The van der Waals surface area contributed by atoms with Crippen molar-refractivity contribution in [2.75, 3.05) is 18.6 Å². The van der Waals surface area contributed by atoms with Crippen molar-refractivity contribution in [3.05, 3.63) is 59.5 Å². The summed E-state index contributed by atoms with van der Waals surface area (Å²) in [6.07, 6.45) is -0.279. The monoisotopic (exact) mass is 414 g/mol. The summed E-state index contributed by atoms with van der Waals surface area (Å²) in [6, 6.07) is 7.17. The van der Waals surface area contributed by atoms with Crippen LogP contribution in [0.25, 0.3) is 0 Å². The molecule has 2 aromatic rings. The molecule has 152 valence electrons. The summed E-state index contributed by atoms with van der Waals surface area (Å²) in [4.78, 5) is 24.5. The number of halogens is 3. The van der Waals surface area contributed by atoms with Gasteiger partial charge in [0.1, 0.15) is 6.04 Å². The fraction of sp³-hybridized carbons (Fsp3) is 0.368. The second-order valence-electron chi connectivity index (χ2n) is 6.02. The topological polar surface area (TPSA) is 71.3 Å². The van der Waals surface area contributed by atoms with Crippen LogP contribution in [0, 0.1) is 0 Å². The number of nitrogens with one attached hydrogen (secondary N) is 2. The van der Waals surface area contributed by atoms with Crippen LogP contribution in [0.5, 0.6) is 0 Å². The maximum Gasteiger partial charge on any atom is 0.416 e. The first-order valence-corrected chi connectivity index (χ1v) is 9.98. The molecule has 0 aliphatic rings. The zero-order valence-electron chi connectivity index (χ0n) is 15.2. The van der Waals surface area contributed by atoms with E-state index in [2.05, 4.69) is 10.6 Å². The maximum atomic E-state index is 12.6. The summed E-state index contributed by atoms with van der Waals surface area (Å²) in [7, 11) is 0. The number of thioether (sulfide) groups is 1. The predicted molar refractivity (Wildman–Crippen MR) is 101 cm³/mol. The van der Waals surface area contributed by atoms with Crippen LogP contribution in [-0.4, -0.2) is 36.4 Å². The van der Waals surface area contributed by atoms with Crippen LogP contribution in [-0.2, 0) is 17.4 Å². The first-order chi connectivity index (χ1) is 13.3. The number of hydrogen-bond donors (Lipinski definition) is 2. The molecule has 9 heteroatoms. The van der Waals surface area contributed by atoms with Gasteiger partial charge < -0.3 is 15.1 Å². The number of hydrogen-bond acceptors (Lipinski definition) is 4. The third-order valence-corrected chi connectivity index (χ3v) is 4.62. The smallest absolute Gasteiger partial charge is 0.416 e. The number of alkyl halides is 3. The van der Waals surface area contributed by atoms with Crippen LogP contribution in [0.2, 0.25) is 0 Å². The van der Waals surface area contributed by atoms with Crippen molar-refractivity contribution >= 4 is 23.6 Å². The molecule has 2 amide bonds. The van der Waals surface area contributed by atoms with E-state index in [4.69, 9.17) is 4.42 Å². The van der Waals surface area contributed by atoms with E-state index < -0.39 is 23.7 Å². The lowest BCUT2D eigenvalue weighted by Crippen LogP contribution is -2.47. The first kappa shape index (κ1) is 21.9. The summed E-state index contributed by atoms with van der Waals surface area (Å²) in [5.41, 5.74) is -0.0355. The molecule has 1 aromatic heterocycles. The van der Waals surface area contributed by atoms with E-state index in [1.807, 2.05) is 6.26 Å². The molecule has 28 heavy (non-hydrogen) atoms. The van der Waals surface area contributed by atoms with Crippen molar-refractivity contribution in [1.82, 2.24) is 10.6 Å². The number of carbonyl (C=O) groups excluding carboxylic acids is 2. The largest absolute Gasteiger partial charge is 0.459 e. The lowest BCUT2D eigenvalue weighted by molar-refractivity contribution is -0.137. The number of carbonyl (C=O) groups is 2. The maximum absolute atomic E-state index is 12.6. The highest BCUT2D eigenvalue weighted by Crippen LogP contribution is 2.29. The molecule has 2 rings (SSSR count). The van der Waals surface area contributed by atoms with Gasteiger partial charge in [0.25, 0.3) is 5.91 Å². The molecule has 0 radical (unpaired) electrons. The second-order valence-corrected chi connectivity index (χ2v) is 7.01. The molecule has 0 aliphatic carbocycles. The van der Waals surface area contributed by atoms with Gasteiger partial charge in [0.2, 0.25) is 5.91 Å². The Morgan fingerprint density at radius 3 is 2.46 bits per heavy atom. The predicted octanol–water partition coefficient (Wildman–Crippen LogP) is 3.51. The number of amides is 2. The van der Waals surface area contributed by atoms with E-state index in [0.717, 1.165) is 12.1 Å². The highest BCUT2D eigenvalue weighted by atomic mass is 32.2. The minimum absolute atomic E-state index is 0.117. The summed E-state index contributed by atoms with van der Waals surface area (Å²) in [6.45, 7) is 0.247. The van der Waals surface area contributed by atoms with E-state index in [-0.39, 0.29) is 18.2 Å². The van der Waals surface area contributed by atoms with Crippen LogP contribution < -0.4 is 10.6 Å². The summed E-state index contributed by atoms with van der Waals surface area (Å²) >= 11 is 1.55. The molecule has 0 saturated carbocycles. The van der Waals surface area contributed by atoms with Crippen LogP contribution in [0.4, 0.5) is 13.2 Å². The standard InChI is InChI=1S/C19H21F3N2O3S/c1-28-12-9-15(24-18(26)16-3-2-11-27-16)17(25)23-10-8-13-4-6-14(7-5-13)19(20,21)22/h2-7,11,15H,8-10,12H2,1H3,(H,23,25)(H,24,26). The van der Waals surface area contributed by atoms with Gasteiger partial charge in [-0.25, -0.2) is 0 Å². The number of rotatable bonds is 9. The van der Waals surface area contributed by atoms with Gasteiger partial charge in [-0.05, 0) is 54.7 Å². The van der Waals surface area contributed by atoms with Crippen molar-refractivity contribution in [2.24, 2.45) is 0 Å². The molecule has 0 saturated heterocycles. The van der Waals surface area contributed by atoms with E-state index in [1.54, 1.807) is 17.8 Å². The Hall–Kier alpha value is -2.42. The molecule has 1 unspecified atom stereocenters. The summed E-state index contributed by atoms with van der Waals surface area (Å²) < 4.78 is 42.7. The molecule has 1 aromatic carbocycles. The van der Waals surface area contributed by atoms with Crippen molar-refractivity contribution in [3.8, 4) is 0 Å². The van der Waals surface area contributed by atoms with Gasteiger partial charge in [-0.1, -0.05) is 12.1 Å². The van der Waals surface area contributed by atoms with Gasteiger partial charge in [0.05, 0.1) is 11.8 Å². The lowest BCUT2D eigenvalue weighted by Gasteiger charge is -2.17. The number of benzene rings is 1. The molecule has 1 atom stereocenters. The van der Waals surface area contributed by atoms with Gasteiger partial charge >= 0.3 is 6.18 Å². The molecule has 0 bridgehead atoms. The van der Waals surface area contributed by atoms with E-state index in [1.165, 1.54) is 24.5 Å². The average Bonchev–Trinajstić information content (AvgIpc) is 3.19. The highest BCUT2D eigenvalue weighted by Gasteiger charge is 2.29. The Labute approximate surface area is 165 Å². The Kier molecular flexibility index (Phi) is 7.98. The third-order valence-electron chi connectivity index (χ3n) is 3.97. The van der Waals surface area contributed by atoms with Gasteiger partial charge in [-0.2, -0.15) is 24.9 Å².